The Kier molecular flexibility index (Phi) is 11.6. The van der Waals surface area contributed by atoms with Gasteiger partial charge in [-0.05, 0) is 0 Å². The second-order valence-electron chi connectivity index (χ2n) is 8.62. The van der Waals surface area contributed by atoms with E-state index in [0.29, 0.717) is 0 Å². The van der Waals surface area contributed by atoms with Crippen LogP contribution in [0.15, 0.2) is 0 Å². The van der Waals surface area contributed by atoms with Crippen LogP contribution in [0.1, 0.15) is 41.5 Å². The number of carbonyl (C=O) groups excluding carboxylic acids is 6. The molecule has 0 radical (unpaired) electrons. The van der Waals surface area contributed by atoms with Gasteiger partial charge in [0.25, 0.3) is 0 Å². The first-order chi connectivity index (χ1) is 18.2. The van der Waals surface area contributed by atoms with E-state index in [0.717, 1.165) is 41.5 Å². The third-order valence-electron chi connectivity index (χ3n) is 5.24. The van der Waals surface area contributed by atoms with Crippen LogP contribution in [0.4, 0.5) is 0 Å². The molecule has 0 aromatic rings. The summed E-state index contributed by atoms with van der Waals surface area (Å²) in [6.07, 6.45) is -13.0. The van der Waals surface area contributed by atoms with Gasteiger partial charge in [0.05, 0.1) is 13.2 Å². The highest BCUT2D eigenvalue weighted by molar-refractivity contribution is 5.69. The van der Waals surface area contributed by atoms with Crippen LogP contribution >= 0.6 is 0 Å². The van der Waals surface area contributed by atoms with Crippen LogP contribution in [0.5, 0.6) is 0 Å². The number of rotatable bonds is 9. The molecule has 1 N–H and O–H groups in total. The van der Waals surface area contributed by atoms with E-state index in [9.17, 15) is 33.9 Å². The van der Waals surface area contributed by atoms with Crippen molar-refractivity contribution in [1.29, 1.82) is 0 Å². The molecule has 39 heavy (non-hydrogen) atoms. The van der Waals surface area contributed by atoms with Gasteiger partial charge in [0.1, 0.15) is 6.10 Å². The largest absolute Gasteiger partial charge is 0.456 e. The van der Waals surface area contributed by atoms with Gasteiger partial charge in [-0.1, -0.05) is 0 Å². The molecule has 0 bridgehead atoms. The molecule has 2 heterocycles. The Morgan fingerprint density at radius 2 is 1.05 bits per heavy atom. The number of esters is 6. The molecule has 16 heteroatoms. The Morgan fingerprint density at radius 1 is 0.615 bits per heavy atom. The summed E-state index contributed by atoms with van der Waals surface area (Å²) in [7, 11) is 0. The van der Waals surface area contributed by atoms with Gasteiger partial charge in [-0.15, -0.1) is 0 Å². The van der Waals surface area contributed by atoms with Crippen LogP contribution in [-0.2, 0) is 71.4 Å². The maximum Gasteiger partial charge on any atom is 0.303 e. The first kappa shape index (κ1) is 31.9. The highest BCUT2D eigenvalue weighted by Crippen LogP contribution is 2.30. The Morgan fingerprint density at radius 3 is 1.56 bits per heavy atom. The van der Waals surface area contributed by atoms with E-state index in [1.165, 1.54) is 0 Å². The summed E-state index contributed by atoms with van der Waals surface area (Å²) in [5.74, 6) is -4.79. The van der Waals surface area contributed by atoms with Crippen LogP contribution in [0.3, 0.4) is 0 Å². The van der Waals surface area contributed by atoms with Crippen molar-refractivity contribution < 1.29 is 76.5 Å². The van der Waals surface area contributed by atoms with Gasteiger partial charge >= 0.3 is 35.8 Å². The third-order valence-corrected chi connectivity index (χ3v) is 5.24. The Hall–Kier alpha value is -3.34. The van der Waals surface area contributed by atoms with Crippen molar-refractivity contribution in [2.75, 3.05) is 13.2 Å². The van der Waals surface area contributed by atoms with Crippen molar-refractivity contribution in [2.45, 2.75) is 96.9 Å². The smallest absolute Gasteiger partial charge is 0.303 e. The summed E-state index contributed by atoms with van der Waals surface area (Å²) >= 11 is 0. The van der Waals surface area contributed by atoms with Crippen molar-refractivity contribution in [1.82, 2.24) is 0 Å². The lowest BCUT2D eigenvalue weighted by molar-refractivity contribution is -0.317. The fraction of sp³-hybridized carbons (Fsp3) is 0.739. The first-order valence-electron chi connectivity index (χ1n) is 11.8. The lowest BCUT2D eigenvalue weighted by Crippen LogP contribution is -2.63. The van der Waals surface area contributed by atoms with E-state index in [-0.39, 0.29) is 6.61 Å². The second kappa shape index (κ2) is 14.2. The molecular formula is C23H32O16. The molecule has 2 fully saturated rings. The van der Waals surface area contributed by atoms with Gasteiger partial charge in [0.15, 0.2) is 49.2 Å². The maximum absolute atomic E-state index is 11.8. The van der Waals surface area contributed by atoms with E-state index >= 15 is 0 Å². The highest BCUT2D eigenvalue weighted by Gasteiger charge is 2.53. The highest BCUT2D eigenvalue weighted by atomic mass is 16.7. The zero-order valence-corrected chi connectivity index (χ0v) is 22.2. The summed E-state index contributed by atoms with van der Waals surface area (Å²) in [5, 5.41) is 10.5. The number of hydrogen-bond acceptors (Lipinski definition) is 16. The molecule has 0 spiro atoms. The lowest BCUT2D eigenvalue weighted by Gasteiger charge is -2.44. The van der Waals surface area contributed by atoms with Gasteiger partial charge in [-0.25, -0.2) is 0 Å². The summed E-state index contributed by atoms with van der Waals surface area (Å²) < 4.78 is 47.9. The molecule has 1 unspecified atom stereocenters. The zero-order chi connectivity index (χ0) is 29.4. The molecule has 0 aliphatic carbocycles. The van der Waals surface area contributed by atoms with Gasteiger partial charge < -0.3 is 47.7 Å². The van der Waals surface area contributed by atoms with E-state index in [1.807, 2.05) is 0 Å². The fourth-order valence-corrected chi connectivity index (χ4v) is 4.05. The maximum atomic E-state index is 11.8. The summed E-state index contributed by atoms with van der Waals surface area (Å²) in [4.78, 5) is 70.3. The van der Waals surface area contributed by atoms with Crippen LogP contribution in [0.2, 0.25) is 0 Å². The monoisotopic (exact) mass is 564 g/mol. The molecule has 0 aromatic heterocycles. The average Bonchev–Trinajstić information content (AvgIpc) is 2.78. The van der Waals surface area contributed by atoms with Crippen LogP contribution in [-0.4, -0.2) is 109 Å². The number of aliphatic hydroxyl groups excluding tert-OH is 1. The molecule has 0 saturated carbocycles. The third kappa shape index (κ3) is 9.42. The van der Waals surface area contributed by atoms with E-state index in [4.69, 9.17) is 42.6 Å². The van der Waals surface area contributed by atoms with E-state index in [1.54, 1.807) is 0 Å². The van der Waals surface area contributed by atoms with Gasteiger partial charge in [0, 0.05) is 41.5 Å². The molecule has 2 saturated heterocycles. The predicted molar refractivity (Wildman–Crippen MR) is 120 cm³/mol. The zero-order valence-electron chi connectivity index (χ0n) is 22.2. The molecule has 2 rings (SSSR count). The summed E-state index contributed by atoms with van der Waals surface area (Å²) in [5.41, 5.74) is 0. The summed E-state index contributed by atoms with van der Waals surface area (Å²) in [6, 6.07) is 0. The molecule has 2 aliphatic heterocycles. The van der Waals surface area contributed by atoms with Crippen LogP contribution < -0.4 is 0 Å². The molecule has 16 nitrogen and oxygen atoms in total. The molecule has 0 amide bonds. The Bertz CT molecular complexity index is 933. The number of carbonyl (C=O) groups is 6. The molecule has 9 atom stereocenters. The SMILES string of the molecule is CC(=O)O[C@@H]1[C@@H](OC(C)=O)[C@H](OC[C@H]2OC(O)[C@H](OC(C)=O)[C@@H](OC(C)=O)[C@H]2OC(C)=O)OC[C@H]1OC(C)=O. The van der Waals surface area contributed by atoms with Crippen molar-refractivity contribution in [3.63, 3.8) is 0 Å². The number of aliphatic hydroxyl groups is 1. The van der Waals surface area contributed by atoms with Crippen LogP contribution in [0.25, 0.3) is 0 Å². The van der Waals surface area contributed by atoms with Gasteiger partial charge in [-0.2, -0.15) is 0 Å². The standard InChI is InChI=1S/C23H32O16/c1-9(24)33-15-7-31-23(21(38-14(6)29)18(15)35-11(3)26)32-8-16-17(34-10(2)25)19(36-12(4)27)20(22(30)39-16)37-13(5)28/h15-23,30H,7-8H2,1-6H3/t15-,16-,17+,18+,19+,20-,21-,22?,23+/m1/s1. The average molecular weight is 564 g/mol. The lowest BCUT2D eigenvalue weighted by atomic mass is 9.98. The fourth-order valence-electron chi connectivity index (χ4n) is 4.05. The van der Waals surface area contributed by atoms with E-state index < -0.39 is 97.7 Å². The minimum Gasteiger partial charge on any atom is -0.456 e. The minimum atomic E-state index is -1.84. The van der Waals surface area contributed by atoms with Crippen molar-refractivity contribution >= 4 is 35.8 Å². The van der Waals surface area contributed by atoms with E-state index in [2.05, 4.69) is 0 Å². The molecule has 2 aliphatic rings. The van der Waals surface area contributed by atoms with Crippen molar-refractivity contribution in [3.8, 4) is 0 Å². The first-order valence-corrected chi connectivity index (χ1v) is 11.8. The van der Waals surface area contributed by atoms with Gasteiger partial charge in [0.2, 0.25) is 0 Å². The molecular weight excluding hydrogens is 532 g/mol. The normalized spacial score (nSPS) is 32.2. The minimum absolute atomic E-state index is 0.327. The molecule has 220 valence electrons. The quantitative estimate of drug-likeness (QED) is 0.254. The summed E-state index contributed by atoms with van der Waals surface area (Å²) in [6.45, 7) is 5.60. The predicted octanol–water partition coefficient (Wildman–Crippen LogP) is -1.33. The second-order valence-corrected chi connectivity index (χ2v) is 8.62. The molecule has 0 aromatic carbocycles. The Balaban J connectivity index is 2.32. The van der Waals surface area contributed by atoms with Crippen LogP contribution in [0, 0.1) is 0 Å². The topological polar surface area (TPSA) is 206 Å². The van der Waals surface area contributed by atoms with Gasteiger partial charge in [-0.3, -0.25) is 28.8 Å². The Labute approximate surface area is 223 Å². The van der Waals surface area contributed by atoms with Crippen molar-refractivity contribution in [3.05, 3.63) is 0 Å². The number of ether oxygens (including phenoxy) is 9. The van der Waals surface area contributed by atoms with Crippen molar-refractivity contribution in [2.24, 2.45) is 0 Å². The number of hydrogen-bond donors (Lipinski definition) is 1.